The molecule has 0 spiro atoms. The number of hydrogen-bond donors (Lipinski definition) is 0. The average molecular weight is 363 g/mol. The Morgan fingerprint density at radius 1 is 1.19 bits per heavy atom. The molecule has 0 atom stereocenters. The molecule has 0 saturated carbocycles. The molecule has 8 nitrogen and oxygen atoms in total. The van der Waals surface area contributed by atoms with Gasteiger partial charge in [-0.15, -0.1) is 0 Å². The summed E-state index contributed by atoms with van der Waals surface area (Å²) in [5, 5.41) is 4.24. The topological polar surface area (TPSA) is 95.9 Å². The van der Waals surface area contributed by atoms with Crippen LogP contribution in [0.3, 0.4) is 0 Å². The Balaban J connectivity index is 1.78. The summed E-state index contributed by atoms with van der Waals surface area (Å²) in [5.41, 5.74) is 0.630. The third-order valence-electron chi connectivity index (χ3n) is 3.22. The normalized spacial score (nSPS) is 11.5. The molecule has 3 aromatic rings. The molecule has 0 aliphatic heterocycles. The lowest BCUT2D eigenvalue weighted by molar-refractivity contribution is -0.0256. The molecule has 10 heteroatoms. The third kappa shape index (κ3) is 4.47. The average Bonchev–Trinajstić information content (AvgIpc) is 3.00. The van der Waals surface area contributed by atoms with Crippen molar-refractivity contribution in [2.45, 2.75) is 26.3 Å². The van der Waals surface area contributed by atoms with E-state index in [9.17, 15) is 13.6 Å². The zero-order valence-electron chi connectivity index (χ0n) is 14.0. The highest BCUT2D eigenvalue weighted by molar-refractivity contribution is 5.55. The van der Waals surface area contributed by atoms with Crippen LogP contribution < -0.4 is 10.3 Å². The Morgan fingerprint density at radius 2 is 1.92 bits per heavy atom. The van der Waals surface area contributed by atoms with Crippen molar-refractivity contribution in [3.8, 4) is 17.3 Å². The van der Waals surface area contributed by atoms with Gasteiger partial charge in [-0.2, -0.15) is 5.10 Å². The first-order valence-electron chi connectivity index (χ1n) is 7.63. The van der Waals surface area contributed by atoms with E-state index in [4.69, 9.17) is 9.15 Å². The van der Waals surface area contributed by atoms with E-state index in [2.05, 4.69) is 20.1 Å². The quantitative estimate of drug-likeness (QED) is 0.661. The van der Waals surface area contributed by atoms with Crippen LogP contribution >= 0.6 is 0 Å². The maximum absolute atomic E-state index is 12.8. The summed E-state index contributed by atoms with van der Waals surface area (Å²) in [4.78, 5) is 23.7. The van der Waals surface area contributed by atoms with Gasteiger partial charge in [0.05, 0.1) is 11.9 Å². The first-order chi connectivity index (χ1) is 12.3. The summed E-state index contributed by atoms with van der Waals surface area (Å²) >= 11 is 0. The van der Waals surface area contributed by atoms with E-state index in [0.29, 0.717) is 22.9 Å². The molecule has 0 aliphatic carbocycles. The van der Waals surface area contributed by atoms with E-state index in [1.165, 1.54) is 35.4 Å². The van der Waals surface area contributed by atoms with Crippen molar-refractivity contribution >= 4 is 0 Å². The Kier molecular flexibility index (Phi) is 4.74. The Morgan fingerprint density at radius 3 is 2.54 bits per heavy atom. The van der Waals surface area contributed by atoms with E-state index in [0.717, 1.165) is 6.92 Å². The standard InChI is InChI=1S/C16H15F2N5O3/c1-10-19-7-12(26-10)8-23-14(24)4-3-13(22-23)11-5-20-15(21-6-11)25-9-16(2,17)18/h3-7H,8-9H2,1-2H3. The molecule has 136 valence electrons. The molecular weight excluding hydrogens is 348 g/mol. The number of halogens is 2. The third-order valence-corrected chi connectivity index (χ3v) is 3.22. The van der Waals surface area contributed by atoms with Crippen molar-refractivity contribution in [3.63, 3.8) is 0 Å². The molecule has 0 N–H and O–H groups in total. The molecule has 26 heavy (non-hydrogen) atoms. The van der Waals surface area contributed by atoms with Crippen molar-refractivity contribution in [2.24, 2.45) is 0 Å². The highest BCUT2D eigenvalue weighted by Crippen LogP contribution is 2.17. The van der Waals surface area contributed by atoms with Gasteiger partial charge >= 0.3 is 6.01 Å². The zero-order valence-corrected chi connectivity index (χ0v) is 14.0. The van der Waals surface area contributed by atoms with Crippen LogP contribution in [0.5, 0.6) is 6.01 Å². The molecular formula is C16H15F2N5O3. The van der Waals surface area contributed by atoms with E-state index < -0.39 is 12.5 Å². The van der Waals surface area contributed by atoms with Crippen LogP contribution in [0.25, 0.3) is 11.3 Å². The summed E-state index contributed by atoms with van der Waals surface area (Å²) < 4.78 is 36.9. The molecule has 3 aromatic heterocycles. The molecule has 0 aliphatic rings. The lowest BCUT2D eigenvalue weighted by atomic mass is 10.2. The maximum atomic E-state index is 12.8. The highest BCUT2D eigenvalue weighted by Gasteiger charge is 2.22. The predicted molar refractivity (Wildman–Crippen MR) is 86.0 cm³/mol. The fraction of sp³-hybridized carbons (Fsp3) is 0.312. The molecule has 0 fully saturated rings. The second-order valence-electron chi connectivity index (χ2n) is 5.67. The van der Waals surface area contributed by atoms with Crippen LogP contribution in [-0.2, 0) is 6.54 Å². The second-order valence-corrected chi connectivity index (χ2v) is 5.67. The van der Waals surface area contributed by atoms with Crippen molar-refractivity contribution in [1.29, 1.82) is 0 Å². The second kappa shape index (κ2) is 6.98. The molecule has 0 unspecified atom stereocenters. The lowest BCUT2D eigenvalue weighted by Crippen LogP contribution is -2.22. The van der Waals surface area contributed by atoms with Gasteiger partial charge in [-0.1, -0.05) is 0 Å². The van der Waals surface area contributed by atoms with Gasteiger partial charge in [0.15, 0.2) is 12.5 Å². The van der Waals surface area contributed by atoms with E-state index in [-0.39, 0.29) is 18.1 Å². The lowest BCUT2D eigenvalue weighted by Gasteiger charge is -2.10. The van der Waals surface area contributed by atoms with Crippen LogP contribution in [0.2, 0.25) is 0 Å². The van der Waals surface area contributed by atoms with Crippen molar-refractivity contribution in [2.75, 3.05) is 6.61 Å². The number of aromatic nitrogens is 5. The molecule has 3 rings (SSSR count). The van der Waals surface area contributed by atoms with Gasteiger partial charge in [-0.25, -0.2) is 28.4 Å². The predicted octanol–water partition coefficient (Wildman–Crippen LogP) is 2.08. The minimum atomic E-state index is -2.97. The fourth-order valence-electron chi connectivity index (χ4n) is 2.06. The first-order valence-corrected chi connectivity index (χ1v) is 7.63. The van der Waals surface area contributed by atoms with Crippen LogP contribution in [0.4, 0.5) is 8.78 Å². The molecule has 0 bridgehead atoms. The van der Waals surface area contributed by atoms with E-state index >= 15 is 0 Å². The SMILES string of the molecule is Cc1ncc(Cn2nc(-c3cnc(OCC(C)(F)F)nc3)ccc2=O)o1. The minimum Gasteiger partial charge on any atom is -0.457 e. The number of hydrogen-bond acceptors (Lipinski definition) is 7. The van der Waals surface area contributed by atoms with Crippen molar-refractivity contribution < 1.29 is 17.9 Å². The van der Waals surface area contributed by atoms with Gasteiger partial charge < -0.3 is 9.15 Å². The fourth-order valence-corrected chi connectivity index (χ4v) is 2.06. The Labute approximate surface area is 146 Å². The number of oxazole rings is 1. The number of alkyl halides is 2. The van der Waals surface area contributed by atoms with Gasteiger partial charge in [0.25, 0.3) is 11.5 Å². The van der Waals surface area contributed by atoms with Gasteiger partial charge in [-0.3, -0.25) is 4.79 Å². The van der Waals surface area contributed by atoms with Gasteiger partial charge in [0, 0.05) is 37.9 Å². The number of ether oxygens (including phenoxy) is 1. The summed E-state index contributed by atoms with van der Waals surface area (Å²) in [5.74, 6) is -1.99. The van der Waals surface area contributed by atoms with Gasteiger partial charge in [0.1, 0.15) is 12.3 Å². The highest BCUT2D eigenvalue weighted by atomic mass is 19.3. The van der Waals surface area contributed by atoms with Crippen LogP contribution in [0, 0.1) is 6.92 Å². The largest absolute Gasteiger partial charge is 0.457 e. The molecule has 0 radical (unpaired) electrons. The van der Waals surface area contributed by atoms with E-state index in [1.807, 2.05) is 0 Å². The van der Waals surface area contributed by atoms with Crippen LogP contribution in [0.15, 0.2) is 39.9 Å². The number of rotatable bonds is 6. The van der Waals surface area contributed by atoms with Crippen molar-refractivity contribution in [1.82, 2.24) is 24.7 Å². The van der Waals surface area contributed by atoms with Gasteiger partial charge in [-0.05, 0) is 6.07 Å². The monoisotopic (exact) mass is 363 g/mol. The van der Waals surface area contributed by atoms with Crippen molar-refractivity contribution in [3.05, 3.63) is 52.7 Å². The Hall–Kier alpha value is -3.17. The first kappa shape index (κ1) is 17.6. The smallest absolute Gasteiger partial charge is 0.316 e. The van der Waals surface area contributed by atoms with E-state index in [1.54, 1.807) is 6.92 Å². The summed E-state index contributed by atoms with van der Waals surface area (Å²) in [6.07, 6.45) is 4.28. The van der Waals surface area contributed by atoms with Crippen LogP contribution in [0.1, 0.15) is 18.6 Å². The zero-order chi connectivity index (χ0) is 18.7. The summed E-state index contributed by atoms with van der Waals surface area (Å²) in [6, 6.07) is 2.71. The maximum Gasteiger partial charge on any atom is 0.316 e. The number of aryl methyl sites for hydroxylation is 1. The summed E-state index contributed by atoms with van der Waals surface area (Å²) in [7, 11) is 0. The number of nitrogens with zero attached hydrogens (tertiary/aromatic N) is 5. The molecule has 0 saturated heterocycles. The molecule has 0 amide bonds. The van der Waals surface area contributed by atoms with Crippen LogP contribution in [-0.4, -0.2) is 37.3 Å². The molecule has 3 heterocycles. The summed E-state index contributed by atoms with van der Waals surface area (Å²) in [6.45, 7) is 1.75. The Bertz CT molecular complexity index is 948. The van der Waals surface area contributed by atoms with Gasteiger partial charge in [0.2, 0.25) is 0 Å². The molecule has 0 aromatic carbocycles. The minimum absolute atomic E-state index is 0.126.